The standard InChI is InChI=1S/C16H24N4O7S/c1-4-27-16(22)10-19(11(2)3)15(21)7-8-18-13-6-5-12(28(17,25)26)9-14(13)20(23)24/h5-6,9,11,18H,4,7-8,10H2,1-3H3,(H2,17,25,26). The second-order valence-electron chi connectivity index (χ2n) is 6.08. The number of amides is 1. The van der Waals surface area contributed by atoms with Gasteiger partial charge in [-0.15, -0.1) is 0 Å². The maximum absolute atomic E-state index is 12.4. The predicted molar refractivity (Wildman–Crippen MR) is 101 cm³/mol. The van der Waals surface area contributed by atoms with Crippen molar-refractivity contribution in [3.05, 3.63) is 28.3 Å². The normalized spacial score (nSPS) is 11.2. The highest BCUT2D eigenvalue weighted by atomic mass is 32.2. The number of rotatable bonds is 10. The first-order valence-corrected chi connectivity index (χ1v) is 10.0. The summed E-state index contributed by atoms with van der Waals surface area (Å²) in [7, 11) is -4.08. The number of benzene rings is 1. The molecular weight excluding hydrogens is 392 g/mol. The zero-order valence-corrected chi connectivity index (χ0v) is 16.7. The Bertz CT molecular complexity index is 839. The Morgan fingerprint density at radius 2 is 2.00 bits per heavy atom. The lowest BCUT2D eigenvalue weighted by molar-refractivity contribution is -0.384. The zero-order chi connectivity index (χ0) is 21.5. The summed E-state index contributed by atoms with van der Waals surface area (Å²) in [6.45, 7) is 5.23. The van der Waals surface area contributed by atoms with Gasteiger partial charge in [0.1, 0.15) is 12.2 Å². The summed E-state index contributed by atoms with van der Waals surface area (Å²) in [5, 5.41) is 18.9. The van der Waals surface area contributed by atoms with E-state index in [2.05, 4.69) is 5.32 Å². The number of carbonyl (C=O) groups is 2. The number of nitro groups is 1. The highest BCUT2D eigenvalue weighted by molar-refractivity contribution is 7.89. The second-order valence-corrected chi connectivity index (χ2v) is 7.64. The van der Waals surface area contributed by atoms with Crippen molar-refractivity contribution >= 4 is 33.3 Å². The number of primary sulfonamides is 1. The van der Waals surface area contributed by atoms with Gasteiger partial charge >= 0.3 is 5.97 Å². The first-order valence-electron chi connectivity index (χ1n) is 8.47. The van der Waals surface area contributed by atoms with Gasteiger partial charge in [0, 0.05) is 25.1 Å². The Labute approximate surface area is 163 Å². The summed E-state index contributed by atoms with van der Waals surface area (Å²) in [6, 6.07) is 2.95. The van der Waals surface area contributed by atoms with E-state index in [1.54, 1.807) is 20.8 Å². The number of carbonyl (C=O) groups excluding carboxylic acids is 2. The van der Waals surface area contributed by atoms with Crippen LogP contribution in [0.3, 0.4) is 0 Å². The summed E-state index contributed by atoms with van der Waals surface area (Å²) in [4.78, 5) is 35.4. The lowest BCUT2D eigenvalue weighted by atomic mass is 10.2. The van der Waals surface area contributed by atoms with E-state index in [-0.39, 0.29) is 48.6 Å². The van der Waals surface area contributed by atoms with Crippen LogP contribution in [0, 0.1) is 10.1 Å². The summed E-state index contributed by atoms with van der Waals surface area (Å²) < 4.78 is 27.5. The molecule has 1 amide bonds. The van der Waals surface area contributed by atoms with Crippen molar-refractivity contribution in [3.8, 4) is 0 Å². The van der Waals surface area contributed by atoms with Gasteiger partial charge in [-0.2, -0.15) is 0 Å². The van der Waals surface area contributed by atoms with Crippen molar-refractivity contribution in [1.82, 2.24) is 4.90 Å². The molecule has 0 unspecified atom stereocenters. The average molecular weight is 416 g/mol. The third kappa shape index (κ3) is 6.78. The Hall–Kier alpha value is -2.73. The van der Waals surface area contributed by atoms with Crippen molar-refractivity contribution in [2.75, 3.05) is 25.0 Å². The molecule has 11 nitrogen and oxygen atoms in total. The smallest absolute Gasteiger partial charge is 0.325 e. The van der Waals surface area contributed by atoms with E-state index in [0.717, 1.165) is 12.1 Å². The molecule has 0 spiro atoms. The molecule has 156 valence electrons. The fourth-order valence-corrected chi connectivity index (χ4v) is 2.87. The van der Waals surface area contributed by atoms with Crippen LogP contribution in [0.4, 0.5) is 11.4 Å². The molecule has 1 rings (SSSR count). The number of ether oxygens (including phenoxy) is 1. The summed E-state index contributed by atoms with van der Waals surface area (Å²) >= 11 is 0. The summed E-state index contributed by atoms with van der Waals surface area (Å²) in [5.74, 6) is -0.855. The summed E-state index contributed by atoms with van der Waals surface area (Å²) in [5.41, 5.74) is -0.432. The lowest BCUT2D eigenvalue weighted by Gasteiger charge is -2.25. The van der Waals surface area contributed by atoms with Crippen LogP contribution in [0.1, 0.15) is 27.2 Å². The predicted octanol–water partition coefficient (Wildman–Crippen LogP) is 0.844. The molecule has 0 aliphatic carbocycles. The van der Waals surface area contributed by atoms with E-state index < -0.39 is 26.6 Å². The number of nitrogens with one attached hydrogen (secondary N) is 1. The van der Waals surface area contributed by atoms with Gasteiger partial charge in [-0.1, -0.05) is 0 Å². The molecule has 0 bridgehead atoms. The molecular formula is C16H24N4O7S. The number of sulfonamides is 1. The molecule has 0 saturated carbocycles. The van der Waals surface area contributed by atoms with Crippen molar-refractivity contribution < 1.29 is 27.7 Å². The zero-order valence-electron chi connectivity index (χ0n) is 15.9. The van der Waals surface area contributed by atoms with E-state index >= 15 is 0 Å². The number of nitro benzene ring substituents is 1. The van der Waals surface area contributed by atoms with E-state index in [0.29, 0.717) is 0 Å². The highest BCUT2D eigenvalue weighted by Gasteiger charge is 2.22. The third-order valence-electron chi connectivity index (χ3n) is 3.70. The number of nitrogens with zero attached hydrogens (tertiary/aromatic N) is 2. The van der Waals surface area contributed by atoms with E-state index in [9.17, 15) is 28.1 Å². The Kier molecular flexibility index (Phi) is 8.32. The Morgan fingerprint density at radius 1 is 1.36 bits per heavy atom. The Balaban J connectivity index is 2.82. The molecule has 12 heteroatoms. The van der Waals surface area contributed by atoms with Crippen molar-refractivity contribution in [1.29, 1.82) is 0 Å². The molecule has 0 aromatic heterocycles. The van der Waals surface area contributed by atoms with Crippen LogP contribution in [0.5, 0.6) is 0 Å². The lowest BCUT2D eigenvalue weighted by Crippen LogP contribution is -2.41. The minimum atomic E-state index is -4.08. The fourth-order valence-electron chi connectivity index (χ4n) is 2.34. The van der Waals surface area contributed by atoms with Crippen LogP contribution in [0.25, 0.3) is 0 Å². The number of anilines is 1. The molecule has 0 fully saturated rings. The highest BCUT2D eigenvalue weighted by Crippen LogP contribution is 2.27. The van der Waals surface area contributed by atoms with Gasteiger partial charge in [-0.3, -0.25) is 19.7 Å². The quantitative estimate of drug-likeness (QED) is 0.322. The Morgan fingerprint density at radius 3 is 2.50 bits per heavy atom. The number of hydrogen-bond acceptors (Lipinski definition) is 8. The molecule has 28 heavy (non-hydrogen) atoms. The molecule has 0 saturated heterocycles. The van der Waals surface area contributed by atoms with Crippen LogP contribution in [0.15, 0.2) is 23.1 Å². The summed E-state index contributed by atoms with van der Waals surface area (Å²) in [6.07, 6.45) is -0.0360. The van der Waals surface area contributed by atoms with Gasteiger partial charge < -0.3 is 15.0 Å². The molecule has 1 aromatic carbocycles. The minimum absolute atomic E-state index is 0.0360. The largest absolute Gasteiger partial charge is 0.465 e. The van der Waals surface area contributed by atoms with Gasteiger partial charge in [-0.05, 0) is 32.9 Å². The molecule has 1 aromatic rings. The fraction of sp³-hybridized carbons (Fsp3) is 0.500. The van der Waals surface area contributed by atoms with Crippen molar-refractivity contribution in [3.63, 3.8) is 0 Å². The molecule has 0 atom stereocenters. The maximum atomic E-state index is 12.4. The number of hydrogen-bond donors (Lipinski definition) is 2. The first-order chi connectivity index (χ1) is 13.0. The average Bonchev–Trinajstić information content (AvgIpc) is 2.58. The number of nitrogens with two attached hydrogens (primary N) is 1. The van der Waals surface area contributed by atoms with E-state index in [1.165, 1.54) is 11.0 Å². The first kappa shape index (κ1) is 23.3. The van der Waals surface area contributed by atoms with Gasteiger partial charge in [0.15, 0.2) is 0 Å². The molecule has 3 N–H and O–H groups in total. The molecule has 0 radical (unpaired) electrons. The van der Waals surface area contributed by atoms with Crippen LogP contribution in [-0.2, 0) is 24.3 Å². The number of esters is 1. The molecule has 0 aliphatic rings. The monoisotopic (exact) mass is 416 g/mol. The van der Waals surface area contributed by atoms with Crippen LogP contribution in [0.2, 0.25) is 0 Å². The van der Waals surface area contributed by atoms with Crippen LogP contribution < -0.4 is 10.5 Å². The van der Waals surface area contributed by atoms with E-state index in [1.807, 2.05) is 0 Å². The minimum Gasteiger partial charge on any atom is -0.465 e. The van der Waals surface area contributed by atoms with Gasteiger partial charge in [0.2, 0.25) is 15.9 Å². The third-order valence-corrected chi connectivity index (χ3v) is 4.61. The molecule has 0 aliphatic heterocycles. The van der Waals surface area contributed by atoms with Crippen molar-refractivity contribution in [2.45, 2.75) is 38.1 Å². The topological polar surface area (TPSA) is 162 Å². The van der Waals surface area contributed by atoms with Gasteiger partial charge in [-0.25, -0.2) is 13.6 Å². The van der Waals surface area contributed by atoms with E-state index in [4.69, 9.17) is 9.88 Å². The SMILES string of the molecule is CCOC(=O)CN(C(=O)CCNc1ccc(S(N)(=O)=O)cc1[N+](=O)[O-])C(C)C. The van der Waals surface area contributed by atoms with Crippen LogP contribution in [-0.4, -0.2) is 55.9 Å². The van der Waals surface area contributed by atoms with Crippen molar-refractivity contribution in [2.24, 2.45) is 5.14 Å². The maximum Gasteiger partial charge on any atom is 0.325 e. The van der Waals surface area contributed by atoms with Gasteiger partial charge in [0.05, 0.1) is 16.4 Å². The van der Waals surface area contributed by atoms with Crippen LogP contribution >= 0.6 is 0 Å². The van der Waals surface area contributed by atoms with Gasteiger partial charge in [0.25, 0.3) is 5.69 Å². The molecule has 0 heterocycles. The second kappa shape index (κ2) is 9.99.